The minimum absolute atomic E-state index is 0.285. The van der Waals surface area contributed by atoms with Crippen LogP contribution in [-0.2, 0) is 0 Å². The zero-order valence-electron chi connectivity index (χ0n) is 5.68. The lowest BCUT2D eigenvalue weighted by atomic mass is 10.3. The van der Waals surface area contributed by atoms with Gasteiger partial charge in [0.1, 0.15) is 0 Å². The number of hydrogen-bond acceptors (Lipinski definition) is 2. The molecule has 1 aliphatic carbocycles. The summed E-state index contributed by atoms with van der Waals surface area (Å²) in [6.45, 7) is 0. The first-order chi connectivity index (χ1) is 4.79. The molecular formula is C6H11N3S. The molecule has 0 amide bonds. The summed E-state index contributed by atoms with van der Waals surface area (Å²) in [6, 6.07) is 0. The molecule has 0 spiro atoms. The number of nitrogens with two attached hydrogens (primary N) is 1. The van der Waals surface area contributed by atoms with Crippen LogP contribution < -0.4 is 16.6 Å². The smallest absolute Gasteiger partial charge is 0.182 e. The molecule has 4 N–H and O–H groups in total. The van der Waals surface area contributed by atoms with E-state index >= 15 is 0 Å². The summed E-state index contributed by atoms with van der Waals surface area (Å²) >= 11 is 4.61. The average Bonchev–Trinajstić information content (AvgIpc) is 2.34. The Labute approximate surface area is 65.6 Å². The van der Waals surface area contributed by atoms with Gasteiger partial charge in [-0.3, -0.25) is 5.43 Å². The molecular weight excluding hydrogens is 146 g/mol. The van der Waals surface area contributed by atoms with Crippen LogP contribution in [0.4, 0.5) is 0 Å². The highest BCUT2D eigenvalue weighted by atomic mass is 32.1. The maximum absolute atomic E-state index is 5.20. The second-order valence-electron chi connectivity index (χ2n) is 2.24. The fourth-order valence-corrected chi connectivity index (χ4v) is 0.977. The van der Waals surface area contributed by atoms with Gasteiger partial charge in [0.15, 0.2) is 5.11 Å². The fourth-order valence-electron chi connectivity index (χ4n) is 0.926. The monoisotopic (exact) mass is 157 g/mol. The maximum Gasteiger partial charge on any atom is 0.182 e. The van der Waals surface area contributed by atoms with Crippen LogP contribution in [0.5, 0.6) is 0 Å². The van der Waals surface area contributed by atoms with Crippen LogP contribution in [0.2, 0.25) is 0 Å². The first kappa shape index (κ1) is 7.34. The summed E-state index contributed by atoms with van der Waals surface area (Å²) in [5.74, 6) is 0. The SMILES string of the molecule is NC(=S)NNC1=CCCC1. The van der Waals surface area contributed by atoms with Crippen molar-refractivity contribution in [2.75, 3.05) is 0 Å². The van der Waals surface area contributed by atoms with Crippen molar-refractivity contribution >= 4 is 17.3 Å². The van der Waals surface area contributed by atoms with Crippen molar-refractivity contribution in [3.63, 3.8) is 0 Å². The quantitative estimate of drug-likeness (QED) is 0.401. The maximum atomic E-state index is 5.20. The predicted molar refractivity (Wildman–Crippen MR) is 45.0 cm³/mol. The van der Waals surface area contributed by atoms with Gasteiger partial charge in [-0.05, 0) is 31.5 Å². The lowest BCUT2D eigenvalue weighted by molar-refractivity contribution is 0.728. The van der Waals surface area contributed by atoms with Crippen LogP contribution >= 0.6 is 12.2 Å². The molecule has 0 atom stereocenters. The molecule has 0 unspecified atom stereocenters. The number of thiocarbonyl (C=S) groups is 1. The Bertz CT molecular complexity index is 164. The van der Waals surface area contributed by atoms with Crippen molar-refractivity contribution in [1.82, 2.24) is 10.9 Å². The number of allylic oxidation sites excluding steroid dienone is 2. The molecule has 0 saturated heterocycles. The topological polar surface area (TPSA) is 50.1 Å². The molecule has 0 aromatic rings. The van der Waals surface area contributed by atoms with E-state index in [0.717, 1.165) is 12.8 Å². The molecule has 10 heavy (non-hydrogen) atoms. The lowest BCUT2D eigenvalue weighted by Gasteiger charge is -2.06. The predicted octanol–water partition coefficient (Wildman–Crippen LogP) is 0.392. The lowest BCUT2D eigenvalue weighted by Crippen LogP contribution is -2.39. The van der Waals surface area contributed by atoms with Gasteiger partial charge in [-0.15, -0.1) is 0 Å². The Balaban J connectivity index is 2.19. The standard InChI is InChI=1S/C6H11N3S/c7-6(10)9-8-5-3-1-2-4-5/h3,8H,1-2,4H2,(H3,7,9,10). The van der Waals surface area contributed by atoms with E-state index in [1.165, 1.54) is 12.1 Å². The van der Waals surface area contributed by atoms with E-state index < -0.39 is 0 Å². The highest BCUT2D eigenvalue weighted by molar-refractivity contribution is 7.80. The molecule has 56 valence electrons. The molecule has 0 aromatic carbocycles. The van der Waals surface area contributed by atoms with Gasteiger partial charge in [0.2, 0.25) is 0 Å². The zero-order valence-corrected chi connectivity index (χ0v) is 6.50. The van der Waals surface area contributed by atoms with E-state index in [-0.39, 0.29) is 5.11 Å². The van der Waals surface area contributed by atoms with Crippen molar-refractivity contribution in [1.29, 1.82) is 0 Å². The molecule has 4 heteroatoms. The van der Waals surface area contributed by atoms with Crippen molar-refractivity contribution in [2.45, 2.75) is 19.3 Å². The van der Waals surface area contributed by atoms with Crippen molar-refractivity contribution < 1.29 is 0 Å². The third kappa shape index (κ3) is 2.23. The summed E-state index contributed by atoms with van der Waals surface area (Å²) in [4.78, 5) is 0. The molecule has 3 nitrogen and oxygen atoms in total. The Hall–Kier alpha value is -0.770. The summed E-state index contributed by atoms with van der Waals surface area (Å²) in [5.41, 5.74) is 12.0. The van der Waals surface area contributed by atoms with Crippen LogP contribution in [0.15, 0.2) is 11.8 Å². The van der Waals surface area contributed by atoms with E-state index in [1.807, 2.05) is 0 Å². The molecule has 1 aliphatic rings. The molecule has 1 rings (SSSR count). The van der Waals surface area contributed by atoms with E-state index in [0.29, 0.717) is 0 Å². The van der Waals surface area contributed by atoms with Gasteiger partial charge >= 0.3 is 0 Å². The van der Waals surface area contributed by atoms with Gasteiger partial charge in [0, 0.05) is 5.70 Å². The van der Waals surface area contributed by atoms with E-state index in [2.05, 4.69) is 29.1 Å². The third-order valence-corrected chi connectivity index (χ3v) is 1.49. The third-order valence-electron chi connectivity index (χ3n) is 1.39. The number of hydrogen-bond donors (Lipinski definition) is 3. The molecule has 0 aliphatic heterocycles. The molecule has 0 saturated carbocycles. The normalized spacial score (nSPS) is 16.2. The van der Waals surface area contributed by atoms with Gasteiger partial charge in [0.05, 0.1) is 0 Å². The first-order valence-electron chi connectivity index (χ1n) is 3.29. The zero-order chi connectivity index (χ0) is 7.40. The molecule has 0 aromatic heterocycles. The van der Waals surface area contributed by atoms with Gasteiger partial charge in [-0.1, -0.05) is 6.08 Å². The molecule has 0 bridgehead atoms. The van der Waals surface area contributed by atoms with Crippen molar-refractivity contribution in [3.8, 4) is 0 Å². The molecule has 0 radical (unpaired) electrons. The number of hydrazine groups is 1. The van der Waals surface area contributed by atoms with Gasteiger partial charge in [0.25, 0.3) is 0 Å². The van der Waals surface area contributed by atoms with Crippen LogP contribution in [0.3, 0.4) is 0 Å². The van der Waals surface area contributed by atoms with Gasteiger partial charge < -0.3 is 11.2 Å². The minimum atomic E-state index is 0.285. The second kappa shape index (κ2) is 3.41. The largest absolute Gasteiger partial charge is 0.375 e. The van der Waals surface area contributed by atoms with Crippen LogP contribution in [0.1, 0.15) is 19.3 Å². The summed E-state index contributed by atoms with van der Waals surface area (Å²) < 4.78 is 0. The van der Waals surface area contributed by atoms with E-state index in [9.17, 15) is 0 Å². The minimum Gasteiger partial charge on any atom is -0.375 e. The number of nitrogens with one attached hydrogen (secondary N) is 2. The Morgan fingerprint density at radius 1 is 1.70 bits per heavy atom. The van der Waals surface area contributed by atoms with Gasteiger partial charge in [-0.25, -0.2) is 0 Å². The van der Waals surface area contributed by atoms with Crippen LogP contribution in [0, 0.1) is 0 Å². The summed E-state index contributed by atoms with van der Waals surface area (Å²) in [5, 5.41) is 0.285. The van der Waals surface area contributed by atoms with Gasteiger partial charge in [-0.2, -0.15) is 0 Å². The van der Waals surface area contributed by atoms with E-state index in [4.69, 9.17) is 5.73 Å². The summed E-state index contributed by atoms with van der Waals surface area (Å²) in [7, 11) is 0. The average molecular weight is 157 g/mol. The second-order valence-corrected chi connectivity index (χ2v) is 2.68. The summed E-state index contributed by atoms with van der Waals surface area (Å²) in [6.07, 6.45) is 5.61. The number of rotatable bonds is 2. The Kier molecular flexibility index (Phi) is 2.50. The molecule has 0 fully saturated rings. The molecule has 0 heterocycles. The van der Waals surface area contributed by atoms with Crippen LogP contribution in [0.25, 0.3) is 0 Å². The highest BCUT2D eigenvalue weighted by Crippen LogP contribution is 2.13. The van der Waals surface area contributed by atoms with Crippen LogP contribution in [-0.4, -0.2) is 5.11 Å². The van der Waals surface area contributed by atoms with E-state index in [1.54, 1.807) is 0 Å². The fraction of sp³-hybridized carbons (Fsp3) is 0.500. The first-order valence-corrected chi connectivity index (χ1v) is 3.70. The Morgan fingerprint density at radius 2 is 2.50 bits per heavy atom. The van der Waals surface area contributed by atoms with Crippen molar-refractivity contribution in [2.24, 2.45) is 5.73 Å². The van der Waals surface area contributed by atoms with Crippen molar-refractivity contribution in [3.05, 3.63) is 11.8 Å². The highest BCUT2D eigenvalue weighted by Gasteiger charge is 2.02. The Morgan fingerprint density at radius 3 is 3.00 bits per heavy atom.